The van der Waals surface area contributed by atoms with Crippen LogP contribution in [0.2, 0.25) is 10.1 Å². The first-order valence-electron chi connectivity index (χ1n) is 4.31. The van der Waals surface area contributed by atoms with E-state index in [2.05, 4.69) is 9.69 Å². The highest BCUT2D eigenvalue weighted by Crippen LogP contribution is 2.54. The van der Waals surface area contributed by atoms with Crippen molar-refractivity contribution < 1.29 is 0 Å². The van der Waals surface area contributed by atoms with Gasteiger partial charge in [-0.3, -0.25) is 0 Å². The number of hydrogen-bond acceptors (Lipinski definition) is 1. The molecule has 0 heterocycles. The third kappa shape index (κ3) is 2.39. The molecule has 0 bridgehead atoms. The molecule has 0 saturated heterocycles. The Morgan fingerprint density at radius 2 is 1.38 bits per heavy atom. The van der Waals surface area contributed by atoms with Gasteiger partial charge in [-0.05, 0) is 20.5 Å². The quantitative estimate of drug-likeness (QED) is 0.204. The van der Waals surface area contributed by atoms with Crippen LogP contribution < -0.4 is 0 Å². The Hall–Kier alpha value is -0.183. The molecule has 0 aliphatic rings. The van der Waals surface area contributed by atoms with Crippen LogP contribution in [0, 0.1) is 0 Å². The van der Waals surface area contributed by atoms with Crippen molar-refractivity contribution in [2.24, 2.45) is 4.78 Å². The first-order chi connectivity index (χ1) is 5.56. The number of rotatable bonds is 1. The van der Waals surface area contributed by atoms with Crippen molar-refractivity contribution in [3.8, 4) is 0 Å². The second kappa shape index (κ2) is 3.52. The molecule has 0 aliphatic heterocycles. The summed E-state index contributed by atoms with van der Waals surface area (Å²) in [6.07, 6.45) is 0. The summed E-state index contributed by atoms with van der Waals surface area (Å²) in [4.78, 5) is 2.90. The Bertz CT molecular complexity index is 219. The minimum absolute atomic E-state index is 0.126. The third-order valence-corrected chi connectivity index (χ3v) is 10.1. The van der Waals surface area contributed by atoms with Crippen molar-refractivity contribution in [1.82, 2.24) is 0 Å². The zero-order valence-corrected chi connectivity index (χ0v) is 11.0. The zero-order valence-electron chi connectivity index (χ0n) is 9.22. The van der Waals surface area contributed by atoms with Gasteiger partial charge >= 0.3 is 0 Å². The van der Waals surface area contributed by atoms with Crippen molar-refractivity contribution in [3.05, 3.63) is 10.4 Å². The summed E-state index contributed by atoms with van der Waals surface area (Å²) in [6, 6.07) is 0. The Morgan fingerprint density at radius 3 is 1.46 bits per heavy atom. The molecule has 0 radical (unpaired) electrons. The van der Waals surface area contributed by atoms with E-state index < -0.39 is 7.55 Å². The number of hydrogen-bond donors (Lipinski definition) is 0. The van der Waals surface area contributed by atoms with Gasteiger partial charge in [0, 0.05) is 0 Å². The Balaban J connectivity index is 5.33. The fraction of sp³-hybridized carbons (Fsp3) is 1.00. The lowest BCUT2D eigenvalue weighted by molar-refractivity contribution is 0.630. The normalized spacial score (nSPS) is 13.8. The Morgan fingerprint density at radius 1 is 1.08 bits per heavy atom. The van der Waals surface area contributed by atoms with E-state index in [4.69, 9.17) is 16.6 Å². The predicted molar refractivity (Wildman–Crippen MR) is 60.2 cm³/mol. The van der Waals surface area contributed by atoms with Crippen LogP contribution in [0.15, 0.2) is 4.78 Å². The molecule has 0 saturated carbocycles. The maximum Gasteiger partial charge on any atom is 0.263 e. The monoisotopic (exact) mass is 219 g/mol. The lowest BCUT2D eigenvalue weighted by Crippen LogP contribution is -2.44. The summed E-state index contributed by atoms with van der Waals surface area (Å²) in [7, 11) is -2.47. The standard InChI is InChI=1S/C8H18ClN3Si/c1-7(2,3)13(9,12-11-10)8(4,5)6/h1-6H3. The van der Waals surface area contributed by atoms with Crippen LogP contribution in [-0.4, -0.2) is 7.55 Å². The van der Waals surface area contributed by atoms with E-state index in [9.17, 15) is 0 Å². The molecule has 0 aliphatic carbocycles. The molecule has 5 heteroatoms. The van der Waals surface area contributed by atoms with E-state index in [0.29, 0.717) is 0 Å². The summed E-state index contributed by atoms with van der Waals surface area (Å²) in [5.41, 5.74) is 8.54. The molecular weight excluding hydrogens is 202 g/mol. The van der Waals surface area contributed by atoms with Crippen LogP contribution in [0.3, 0.4) is 0 Å². The molecule has 13 heavy (non-hydrogen) atoms. The van der Waals surface area contributed by atoms with E-state index in [0.717, 1.165) is 0 Å². The summed E-state index contributed by atoms with van der Waals surface area (Å²) in [6.45, 7) is 12.2. The molecule has 0 unspecified atom stereocenters. The Kier molecular flexibility index (Phi) is 3.47. The lowest BCUT2D eigenvalue weighted by atomic mass is 10.2. The van der Waals surface area contributed by atoms with E-state index in [1.165, 1.54) is 0 Å². The molecule has 0 N–H and O–H groups in total. The van der Waals surface area contributed by atoms with Crippen molar-refractivity contribution in [2.75, 3.05) is 0 Å². The first-order valence-corrected chi connectivity index (χ1v) is 7.27. The van der Waals surface area contributed by atoms with Gasteiger partial charge < -0.3 is 0 Å². The van der Waals surface area contributed by atoms with Crippen molar-refractivity contribution in [2.45, 2.75) is 51.6 Å². The topological polar surface area (TPSA) is 48.8 Å². The van der Waals surface area contributed by atoms with Crippen LogP contribution in [0.25, 0.3) is 10.4 Å². The second-order valence-corrected chi connectivity index (χ2v) is 11.4. The van der Waals surface area contributed by atoms with Crippen molar-refractivity contribution in [3.63, 3.8) is 0 Å². The molecule has 0 fully saturated rings. The van der Waals surface area contributed by atoms with Gasteiger partial charge in [-0.25, -0.2) is 0 Å². The molecule has 76 valence electrons. The van der Waals surface area contributed by atoms with Crippen LogP contribution in [0.4, 0.5) is 0 Å². The van der Waals surface area contributed by atoms with Crippen LogP contribution in [-0.2, 0) is 0 Å². The van der Waals surface area contributed by atoms with Crippen molar-refractivity contribution in [1.29, 1.82) is 0 Å². The van der Waals surface area contributed by atoms with Gasteiger partial charge in [0.2, 0.25) is 0 Å². The van der Waals surface area contributed by atoms with E-state index in [1.807, 2.05) is 41.5 Å². The molecular formula is C8H18ClN3Si. The number of nitrogens with zero attached hydrogens (tertiary/aromatic N) is 3. The van der Waals surface area contributed by atoms with E-state index >= 15 is 0 Å². The zero-order chi connectivity index (χ0) is 10.9. The molecule has 0 aromatic rings. The molecule has 3 nitrogen and oxygen atoms in total. The maximum atomic E-state index is 8.54. The number of halogens is 1. The highest BCUT2D eigenvalue weighted by molar-refractivity contribution is 7.22. The summed E-state index contributed by atoms with van der Waals surface area (Å²) >= 11 is 6.51. The largest absolute Gasteiger partial charge is 0.263 e. The molecule has 0 aromatic heterocycles. The lowest BCUT2D eigenvalue weighted by Gasteiger charge is -2.42. The fourth-order valence-electron chi connectivity index (χ4n) is 1.49. The van der Waals surface area contributed by atoms with Crippen molar-refractivity contribution >= 4 is 18.6 Å². The number of azide groups is 1. The highest BCUT2D eigenvalue weighted by atomic mass is 35.6. The average Bonchev–Trinajstić information content (AvgIpc) is 1.82. The summed E-state index contributed by atoms with van der Waals surface area (Å²) in [5, 5.41) is -0.252. The van der Waals surface area contributed by atoms with Crippen LogP contribution in [0.5, 0.6) is 0 Å². The summed E-state index contributed by atoms with van der Waals surface area (Å²) < 4.78 is 3.88. The summed E-state index contributed by atoms with van der Waals surface area (Å²) in [5.74, 6) is 0. The minimum Gasteiger partial charge on any atom is -0.159 e. The molecule has 0 atom stereocenters. The van der Waals surface area contributed by atoms with Crippen LogP contribution >= 0.6 is 11.1 Å². The van der Waals surface area contributed by atoms with Gasteiger partial charge in [0.25, 0.3) is 7.55 Å². The molecule has 0 rings (SSSR count). The van der Waals surface area contributed by atoms with E-state index in [1.54, 1.807) is 0 Å². The third-order valence-electron chi connectivity index (χ3n) is 2.17. The minimum atomic E-state index is -2.47. The van der Waals surface area contributed by atoms with Gasteiger partial charge in [-0.1, -0.05) is 41.5 Å². The van der Waals surface area contributed by atoms with Gasteiger partial charge in [-0.2, -0.15) is 11.1 Å². The maximum absolute atomic E-state index is 8.54. The molecule has 0 spiro atoms. The predicted octanol–water partition coefficient (Wildman–Crippen LogP) is 4.58. The Labute approximate surface area is 85.9 Å². The highest BCUT2D eigenvalue weighted by Gasteiger charge is 2.52. The van der Waals surface area contributed by atoms with Gasteiger partial charge in [-0.15, -0.1) is 4.78 Å². The SMILES string of the molecule is CC(C)(C)[Si](Cl)(N=[N+]=[N-])C(C)(C)C. The average molecular weight is 220 g/mol. The van der Waals surface area contributed by atoms with Gasteiger partial charge in [0.15, 0.2) is 0 Å². The van der Waals surface area contributed by atoms with Gasteiger partial charge in [0.1, 0.15) is 0 Å². The molecule has 0 aromatic carbocycles. The molecule has 0 amide bonds. The fourth-order valence-corrected chi connectivity index (χ4v) is 4.56. The van der Waals surface area contributed by atoms with Crippen LogP contribution in [0.1, 0.15) is 41.5 Å². The first kappa shape index (κ1) is 12.8. The smallest absolute Gasteiger partial charge is 0.159 e. The second-order valence-electron chi connectivity index (χ2n) is 5.31. The van der Waals surface area contributed by atoms with Gasteiger partial charge in [0.05, 0.1) is 0 Å². The van der Waals surface area contributed by atoms with E-state index in [-0.39, 0.29) is 10.1 Å².